The number of carbonyl (C=O) groups is 1. The third kappa shape index (κ3) is 1.68. The molecule has 1 amide bonds. The smallest absolute Gasteiger partial charge is 0.228 e. The second-order valence-corrected chi connectivity index (χ2v) is 5.04. The van der Waals surface area contributed by atoms with Crippen LogP contribution in [0, 0.1) is 5.92 Å². The molecule has 1 unspecified atom stereocenters. The summed E-state index contributed by atoms with van der Waals surface area (Å²) in [5.74, 6) is 0.813. The number of hydrogen-bond acceptors (Lipinski definition) is 5. The molecule has 1 atom stereocenters. The Hall–Kier alpha value is -1.54. The molecule has 0 aromatic carbocycles. The lowest BCUT2D eigenvalue weighted by molar-refractivity contribution is -0.117. The standard InChI is InChI=1S/C10H11BrN6O/c11-8-7-9(16-15-8)13-4-14-10(7)17-3-5(2-12)1-6(17)18/h4-5H,1-3,12H2,(H,13,14,15,16). The molecule has 1 aliphatic heterocycles. The lowest BCUT2D eigenvalue weighted by atomic mass is 10.1. The van der Waals surface area contributed by atoms with E-state index in [4.69, 9.17) is 5.73 Å². The topological polar surface area (TPSA) is 101 Å². The van der Waals surface area contributed by atoms with E-state index in [0.717, 1.165) is 5.39 Å². The molecular weight excluding hydrogens is 300 g/mol. The van der Waals surface area contributed by atoms with Gasteiger partial charge in [-0.2, -0.15) is 5.10 Å². The molecule has 1 fully saturated rings. The van der Waals surface area contributed by atoms with Crippen molar-refractivity contribution in [2.24, 2.45) is 11.7 Å². The van der Waals surface area contributed by atoms with E-state index in [1.165, 1.54) is 6.33 Å². The molecule has 94 valence electrons. The number of fused-ring (bicyclic) bond motifs is 1. The van der Waals surface area contributed by atoms with Gasteiger partial charge in [-0.3, -0.25) is 14.8 Å². The minimum atomic E-state index is 0.0403. The fraction of sp³-hybridized carbons (Fsp3) is 0.400. The van der Waals surface area contributed by atoms with Gasteiger partial charge in [0.25, 0.3) is 0 Å². The highest BCUT2D eigenvalue weighted by molar-refractivity contribution is 9.10. The highest BCUT2D eigenvalue weighted by Crippen LogP contribution is 2.31. The van der Waals surface area contributed by atoms with Crippen LogP contribution in [-0.4, -0.2) is 39.2 Å². The number of aromatic amines is 1. The monoisotopic (exact) mass is 310 g/mol. The molecule has 1 aliphatic rings. The second kappa shape index (κ2) is 4.29. The molecule has 3 heterocycles. The van der Waals surface area contributed by atoms with Crippen molar-refractivity contribution in [3.05, 3.63) is 10.9 Å². The Kier molecular flexibility index (Phi) is 2.75. The van der Waals surface area contributed by atoms with Gasteiger partial charge >= 0.3 is 0 Å². The first-order valence-electron chi connectivity index (χ1n) is 5.55. The van der Waals surface area contributed by atoms with Gasteiger partial charge in [0.2, 0.25) is 5.91 Å². The number of hydrogen-bond donors (Lipinski definition) is 2. The zero-order valence-electron chi connectivity index (χ0n) is 9.43. The predicted octanol–water partition coefficient (Wildman–Crippen LogP) is 0.427. The maximum atomic E-state index is 12.0. The molecule has 0 saturated carbocycles. The van der Waals surface area contributed by atoms with Gasteiger partial charge in [-0.15, -0.1) is 0 Å². The summed E-state index contributed by atoms with van der Waals surface area (Å²) in [4.78, 5) is 21.9. The van der Waals surface area contributed by atoms with E-state index in [9.17, 15) is 4.79 Å². The highest BCUT2D eigenvalue weighted by atomic mass is 79.9. The number of carbonyl (C=O) groups excluding carboxylic acids is 1. The van der Waals surface area contributed by atoms with Crippen LogP contribution < -0.4 is 10.6 Å². The molecule has 0 spiro atoms. The number of anilines is 1. The van der Waals surface area contributed by atoms with Crippen LogP contribution in [0.2, 0.25) is 0 Å². The Morgan fingerprint density at radius 2 is 2.39 bits per heavy atom. The van der Waals surface area contributed by atoms with Gasteiger partial charge in [-0.05, 0) is 28.4 Å². The number of nitrogens with zero attached hydrogens (tertiary/aromatic N) is 4. The molecule has 2 aromatic rings. The van der Waals surface area contributed by atoms with Gasteiger partial charge in [0.05, 0.1) is 5.39 Å². The van der Waals surface area contributed by atoms with Crippen LogP contribution in [0.25, 0.3) is 11.0 Å². The van der Waals surface area contributed by atoms with Crippen molar-refractivity contribution in [3.63, 3.8) is 0 Å². The summed E-state index contributed by atoms with van der Waals surface area (Å²) in [5, 5.41) is 7.54. The van der Waals surface area contributed by atoms with Gasteiger partial charge in [-0.25, -0.2) is 9.97 Å². The van der Waals surface area contributed by atoms with Gasteiger partial charge in [0.1, 0.15) is 10.9 Å². The molecule has 8 heteroatoms. The summed E-state index contributed by atoms with van der Waals surface area (Å²) in [6.45, 7) is 1.10. The number of amides is 1. The summed E-state index contributed by atoms with van der Waals surface area (Å²) in [5.41, 5.74) is 6.16. The van der Waals surface area contributed by atoms with Crippen molar-refractivity contribution in [1.29, 1.82) is 0 Å². The van der Waals surface area contributed by atoms with E-state index in [0.29, 0.717) is 35.6 Å². The van der Waals surface area contributed by atoms with Crippen LogP contribution in [0.3, 0.4) is 0 Å². The van der Waals surface area contributed by atoms with E-state index < -0.39 is 0 Å². The van der Waals surface area contributed by atoms with Gasteiger partial charge in [0, 0.05) is 13.0 Å². The third-order valence-electron chi connectivity index (χ3n) is 3.08. The average molecular weight is 311 g/mol. The SMILES string of the molecule is NCC1CC(=O)N(c2ncnc3n[nH]c(Br)c23)C1. The predicted molar refractivity (Wildman–Crippen MR) is 68.9 cm³/mol. The number of halogens is 1. The minimum Gasteiger partial charge on any atom is -0.330 e. The van der Waals surface area contributed by atoms with E-state index >= 15 is 0 Å². The Balaban J connectivity index is 2.09. The van der Waals surface area contributed by atoms with E-state index in [1.807, 2.05) is 0 Å². The lowest BCUT2D eigenvalue weighted by Gasteiger charge is -2.15. The molecule has 2 aromatic heterocycles. The summed E-state index contributed by atoms with van der Waals surface area (Å²) in [6.07, 6.45) is 1.88. The first-order valence-corrected chi connectivity index (χ1v) is 6.35. The molecule has 3 rings (SSSR count). The number of rotatable bonds is 2. The second-order valence-electron chi connectivity index (χ2n) is 4.24. The fourth-order valence-corrected chi connectivity index (χ4v) is 2.60. The molecule has 7 nitrogen and oxygen atoms in total. The minimum absolute atomic E-state index is 0.0403. The first-order chi connectivity index (χ1) is 8.70. The van der Waals surface area contributed by atoms with Crippen LogP contribution in [-0.2, 0) is 4.79 Å². The van der Waals surface area contributed by atoms with Crippen LogP contribution >= 0.6 is 15.9 Å². The number of nitrogens with one attached hydrogen (secondary N) is 1. The summed E-state index contributed by atoms with van der Waals surface area (Å²) < 4.78 is 0.678. The number of H-pyrrole nitrogens is 1. The molecule has 3 N–H and O–H groups in total. The van der Waals surface area contributed by atoms with E-state index in [1.54, 1.807) is 4.90 Å². The molecule has 0 aliphatic carbocycles. The Bertz CT molecular complexity index is 611. The van der Waals surface area contributed by atoms with Crippen LogP contribution in [0.15, 0.2) is 10.9 Å². The zero-order valence-corrected chi connectivity index (χ0v) is 11.0. The van der Waals surface area contributed by atoms with Crippen molar-refractivity contribution in [1.82, 2.24) is 20.2 Å². The summed E-state index contributed by atoms with van der Waals surface area (Å²) in [7, 11) is 0. The zero-order chi connectivity index (χ0) is 12.7. The number of nitrogens with two attached hydrogens (primary N) is 1. The highest BCUT2D eigenvalue weighted by Gasteiger charge is 2.32. The quantitative estimate of drug-likeness (QED) is 0.837. The van der Waals surface area contributed by atoms with Crippen molar-refractivity contribution in [2.45, 2.75) is 6.42 Å². The van der Waals surface area contributed by atoms with Crippen LogP contribution in [0.5, 0.6) is 0 Å². The molecule has 0 radical (unpaired) electrons. The lowest BCUT2D eigenvalue weighted by Crippen LogP contribution is -2.26. The average Bonchev–Trinajstić information content (AvgIpc) is 2.93. The summed E-state index contributed by atoms with van der Waals surface area (Å²) >= 11 is 3.36. The van der Waals surface area contributed by atoms with Crippen LogP contribution in [0.1, 0.15) is 6.42 Å². The van der Waals surface area contributed by atoms with Gasteiger partial charge in [-0.1, -0.05) is 0 Å². The first kappa shape index (κ1) is 11.5. The number of aromatic nitrogens is 4. The van der Waals surface area contributed by atoms with Crippen molar-refractivity contribution in [2.75, 3.05) is 18.0 Å². The van der Waals surface area contributed by atoms with E-state index in [2.05, 4.69) is 36.1 Å². The maximum absolute atomic E-state index is 12.0. The Morgan fingerprint density at radius 1 is 1.56 bits per heavy atom. The van der Waals surface area contributed by atoms with Crippen LogP contribution in [0.4, 0.5) is 5.82 Å². The van der Waals surface area contributed by atoms with Crippen molar-refractivity contribution < 1.29 is 4.79 Å². The Labute approximate surface area is 111 Å². The van der Waals surface area contributed by atoms with Crippen molar-refractivity contribution in [3.8, 4) is 0 Å². The maximum Gasteiger partial charge on any atom is 0.228 e. The van der Waals surface area contributed by atoms with Gasteiger partial charge in [0.15, 0.2) is 11.5 Å². The molecule has 0 bridgehead atoms. The van der Waals surface area contributed by atoms with E-state index in [-0.39, 0.29) is 11.8 Å². The van der Waals surface area contributed by atoms with Crippen molar-refractivity contribution >= 4 is 38.7 Å². The van der Waals surface area contributed by atoms with Gasteiger partial charge < -0.3 is 5.73 Å². The fourth-order valence-electron chi connectivity index (χ4n) is 2.16. The molecule has 1 saturated heterocycles. The third-order valence-corrected chi connectivity index (χ3v) is 3.65. The largest absolute Gasteiger partial charge is 0.330 e. The molecular formula is C10H11BrN6O. The molecule has 18 heavy (non-hydrogen) atoms. The normalized spacial score (nSPS) is 20.0. The summed E-state index contributed by atoms with van der Waals surface area (Å²) in [6, 6.07) is 0. The Morgan fingerprint density at radius 3 is 3.11 bits per heavy atom.